The molecule has 2 rings (SSSR count). The SMILES string of the molecule is N#Cc1ccc(N2CCN(CCCCO)CC(O)C2)nc1. The topological polar surface area (TPSA) is 83.6 Å². The summed E-state index contributed by atoms with van der Waals surface area (Å²) in [6.45, 7) is 3.98. The number of unbranched alkanes of at least 4 members (excludes halogenated alkanes) is 1. The Morgan fingerprint density at radius 3 is 2.81 bits per heavy atom. The van der Waals surface area contributed by atoms with Gasteiger partial charge in [-0.25, -0.2) is 4.98 Å². The van der Waals surface area contributed by atoms with Gasteiger partial charge in [0.15, 0.2) is 0 Å². The van der Waals surface area contributed by atoms with Crippen LogP contribution in [0.4, 0.5) is 5.82 Å². The minimum atomic E-state index is -0.418. The third kappa shape index (κ3) is 4.67. The second kappa shape index (κ2) is 7.93. The normalized spacial score (nSPS) is 20.0. The molecule has 0 spiro atoms. The molecule has 1 atom stereocenters. The molecule has 1 fully saturated rings. The zero-order chi connectivity index (χ0) is 15.1. The number of anilines is 1. The molecule has 6 heteroatoms. The summed E-state index contributed by atoms with van der Waals surface area (Å²) in [6, 6.07) is 5.63. The maximum Gasteiger partial charge on any atom is 0.128 e. The van der Waals surface area contributed by atoms with Crippen LogP contribution in [-0.4, -0.2) is 65.5 Å². The number of nitriles is 1. The fraction of sp³-hybridized carbons (Fsp3) is 0.600. The Balaban J connectivity index is 1.94. The van der Waals surface area contributed by atoms with E-state index >= 15 is 0 Å². The second-order valence-electron chi connectivity index (χ2n) is 5.35. The van der Waals surface area contributed by atoms with Crippen LogP contribution < -0.4 is 4.90 Å². The van der Waals surface area contributed by atoms with Gasteiger partial charge in [0.25, 0.3) is 0 Å². The van der Waals surface area contributed by atoms with Crippen LogP contribution in [-0.2, 0) is 0 Å². The lowest BCUT2D eigenvalue weighted by molar-refractivity contribution is 0.130. The number of aromatic nitrogens is 1. The number of aliphatic hydroxyl groups excluding tert-OH is 2. The lowest BCUT2D eigenvalue weighted by atomic mass is 10.2. The maximum atomic E-state index is 10.1. The van der Waals surface area contributed by atoms with Crippen LogP contribution in [0.1, 0.15) is 18.4 Å². The van der Waals surface area contributed by atoms with Crippen LogP contribution in [0.15, 0.2) is 18.3 Å². The number of hydrogen-bond acceptors (Lipinski definition) is 6. The van der Waals surface area contributed by atoms with E-state index in [1.807, 2.05) is 6.07 Å². The molecular formula is C15H22N4O2. The van der Waals surface area contributed by atoms with E-state index in [0.717, 1.165) is 38.3 Å². The van der Waals surface area contributed by atoms with Crippen molar-refractivity contribution in [3.63, 3.8) is 0 Å². The molecule has 1 saturated heterocycles. The quantitative estimate of drug-likeness (QED) is 0.754. The minimum Gasteiger partial charge on any atom is -0.396 e. The molecule has 0 aliphatic carbocycles. The van der Waals surface area contributed by atoms with Gasteiger partial charge in [-0.2, -0.15) is 5.26 Å². The predicted molar refractivity (Wildman–Crippen MR) is 79.9 cm³/mol. The first-order valence-corrected chi connectivity index (χ1v) is 7.35. The summed E-state index contributed by atoms with van der Waals surface area (Å²) < 4.78 is 0. The standard InChI is InChI=1S/C15H22N4O2/c16-9-13-3-4-15(17-10-13)19-7-6-18(5-1-2-8-20)11-14(21)12-19/h3-4,10,14,20-21H,1-2,5-8,11-12H2. The third-order valence-corrected chi connectivity index (χ3v) is 3.67. The van der Waals surface area contributed by atoms with Crippen molar-refractivity contribution in [3.05, 3.63) is 23.9 Å². The van der Waals surface area contributed by atoms with E-state index in [9.17, 15) is 5.11 Å². The zero-order valence-electron chi connectivity index (χ0n) is 12.1. The first-order valence-electron chi connectivity index (χ1n) is 7.35. The average Bonchev–Trinajstić information content (AvgIpc) is 2.69. The second-order valence-corrected chi connectivity index (χ2v) is 5.35. The maximum absolute atomic E-state index is 10.1. The van der Waals surface area contributed by atoms with Gasteiger partial charge in [0, 0.05) is 39.0 Å². The van der Waals surface area contributed by atoms with Crippen molar-refractivity contribution in [1.82, 2.24) is 9.88 Å². The largest absolute Gasteiger partial charge is 0.396 e. The van der Waals surface area contributed by atoms with Crippen molar-refractivity contribution in [2.45, 2.75) is 18.9 Å². The number of hydrogen-bond donors (Lipinski definition) is 2. The molecule has 2 heterocycles. The van der Waals surface area contributed by atoms with Crippen LogP contribution in [0.2, 0.25) is 0 Å². The number of aliphatic hydroxyl groups is 2. The highest BCUT2D eigenvalue weighted by atomic mass is 16.3. The summed E-state index contributed by atoms with van der Waals surface area (Å²) in [5.74, 6) is 0.797. The molecule has 21 heavy (non-hydrogen) atoms. The molecule has 1 aromatic heterocycles. The first kappa shape index (κ1) is 15.7. The Morgan fingerprint density at radius 1 is 1.29 bits per heavy atom. The molecule has 114 valence electrons. The van der Waals surface area contributed by atoms with Gasteiger partial charge >= 0.3 is 0 Å². The molecule has 0 amide bonds. The molecule has 0 aromatic carbocycles. The van der Waals surface area contributed by atoms with E-state index < -0.39 is 6.10 Å². The van der Waals surface area contributed by atoms with Gasteiger partial charge in [-0.15, -0.1) is 0 Å². The van der Waals surface area contributed by atoms with E-state index in [-0.39, 0.29) is 6.61 Å². The van der Waals surface area contributed by atoms with E-state index in [1.165, 1.54) is 0 Å². The van der Waals surface area contributed by atoms with Crippen LogP contribution in [0, 0.1) is 11.3 Å². The Hall–Kier alpha value is -1.68. The number of β-amino-alcohol motifs (C(OH)–C–C–N with tert-alkyl or cyclic N) is 1. The van der Waals surface area contributed by atoms with Gasteiger partial charge in [0.1, 0.15) is 11.9 Å². The summed E-state index contributed by atoms with van der Waals surface area (Å²) in [5, 5.41) is 27.8. The van der Waals surface area contributed by atoms with Crippen molar-refractivity contribution in [2.75, 3.05) is 44.2 Å². The van der Waals surface area contributed by atoms with E-state index in [4.69, 9.17) is 10.4 Å². The molecule has 0 radical (unpaired) electrons. The molecule has 6 nitrogen and oxygen atoms in total. The molecule has 1 unspecified atom stereocenters. The van der Waals surface area contributed by atoms with E-state index in [0.29, 0.717) is 18.7 Å². The lowest BCUT2D eigenvalue weighted by Crippen LogP contribution is -2.34. The Bertz CT molecular complexity index is 472. The molecule has 1 aromatic rings. The summed E-state index contributed by atoms with van der Waals surface area (Å²) >= 11 is 0. The minimum absolute atomic E-state index is 0.220. The van der Waals surface area contributed by atoms with Crippen LogP contribution in [0.25, 0.3) is 0 Å². The van der Waals surface area contributed by atoms with E-state index in [1.54, 1.807) is 12.3 Å². The molecule has 1 aliphatic heterocycles. The first-order chi connectivity index (χ1) is 10.2. The highest BCUT2D eigenvalue weighted by molar-refractivity contribution is 5.42. The van der Waals surface area contributed by atoms with Crippen molar-refractivity contribution in [3.8, 4) is 6.07 Å². The number of rotatable bonds is 5. The van der Waals surface area contributed by atoms with Crippen molar-refractivity contribution in [1.29, 1.82) is 5.26 Å². The van der Waals surface area contributed by atoms with Crippen LogP contribution in [0.3, 0.4) is 0 Å². The fourth-order valence-electron chi connectivity index (χ4n) is 2.55. The lowest BCUT2D eigenvalue weighted by Gasteiger charge is -2.22. The third-order valence-electron chi connectivity index (χ3n) is 3.67. The molecule has 1 aliphatic rings. The molecule has 0 bridgehead atoms. The monoisotopic (exact) mass is 290 g/mol. The van der Waals surface area contributed by atoms with Gasteiger partial charge in [0.05, 0.1) is 11.7 Å². The summed E-state index contributed by atoms with van der Waals surface area (Å²) in [7, 11) is 0. The Labute approximate surface area is 125 Å². The summed E-state index contributed by atoms with van der Waals surface area (Å²) in [6.07, 6.45) is 2.89. The van der Waals surface area contributed by atoms with Crippen molar-refractivity contribution in [2.24, 2.45) is 0 Å². The predicted octanol–water partition coefficient (Wildman–Crippen LogP) is 0.209. The highest BCUT2D eigenvalue weighted by Gasteiger charge is 2.21. The molecule has 2 N–H and O–H groups in total. The summed E-state index contributed by atoms with van der Waals surface area (Å²) in [4.78, 5) is 8.57. The average molecular weight is 290 g/mol. The van der Waals surface area contributed by atoms with Gasteiger partial charge in [-0.05, 0) is 31.5 Å². The number of pyridine rings is 1. The smallest absolute Gasteiger partial charge is 0.128 e. The highest BCUT2D eigenvalue weighted by Crippen LogP contribution is 2.14. The van der Waals surface area contributed by atoms with Gasteiger partial charge in [-0.3, -0.25) is 4.90 Å². The van der Waals surface area contributed by atoms with Gasteiger partial charge in [-0.1, -0.05) is 0 Å². The van der Waals surface area contributed by atoms with E-state index in [2.05, 4.69) is 20.9 Å². The Morgan fingerprint density at radius 2 is 2.14 bits per heavy atom. The van der Waals surface area contributed by atoms with Crippen molar-refractivity contribution >= 4 is 5.82 Å². The molecule has 0 saturated carbocycles. The van der Waals surface area contributed by atoms with Crippen LogP contribution >= 0.6 is 0 Å². The number of nitrogens with zero attached hydrogens (tertiary/aromatic N) is 4. The van der Waals surface area contributed by atoms with Crippen LogP contribution in [0.5, 0.6) is 0 Å². The summed E-state index contributed by atoms with van der Waals surface area (Å²) in [5.41, 5.74) is 0.541. The Kier molecular flexibility index (Phi) is 5.93. The van der Waals surface area contributed by atoms with Crippen molar-refractivity contribution < 1.29 is 10.2 Å². The fourth-order valence-corrected chi connectivity index (χ4v) is 2.55. The molecular weight excluding hydrogens is 268 g/mol. The van der Waals surface area contributed by atoms with Gasteiger partial charge in [0.2, 0.25) is 0 Å². The van der Waals surface area contributed by atoms with Gasteiger partial charge < -0.3 is 15.1 Å². The zero-order valence-corrected chi connectivity index (χ0v) is 12.1.